The number of nitrogens with zero attached hydrogens (tertiary/aromatic N) is 1. The van der Waals surface area contributed by atoms with Crippen LogP contribution in [0.25, 0.3) is 10.8 Å². The molecule has 0 bridgehead atoms. The SMILES string of the molecule is Nc1ccc(NC(=O)c2ccc3ccccc3c2O)cn1. The molecule has 0 aliphatic heterocycles. The standard InChI is InChI=1S/C16H13N3O2/c17-14-8-6-11(9-18-14)19-16(21)13-7-5-10-3-1-2-4-12(10)15(13)20/h1-9,20H,(H2,17,18)(H,19,21). The average Bonchev–Trinajstić information content (AvgIpc) is 2.50. The molecule has 0 atom stereocenters. The number of nitrogen functional groups attached to an aromatic ring is 1. The second-order valence-electron chi connectivity index (χ2n) is 4.61. The van der Waals surface area contributed by atoms with Gasteiger partial charge >= 0.3 is 0 Å². The summed E-state index contributed by atoms with van der Waals surface area (Å²) in [5.74, 6) is -0.0552. The summed E-state index contributed by atoms with van der Waals surface area (Å²) in [7, 11) is 0. The van der Waals surface area contributed by atoms with Crippen LogP contribution in [0.4, 0.5) is 11.5 Å². The van der Waals surface area contributed by atoms with E-state index >= 15 is 0 Å². The number of pyridine rings is 1. The Kier molecular flexibility index (Phi) is 3.16. The molecule has 0 spiro atoms. The van der Waals surface area contributed by atoms with E-state index in [0.717, 1.165) is 5.39 Å². The predicted octanol–water partition coefficient (Wildman–Crippen LogP) is 2.77. The van der Waals surface area contributed by atoms with Gasteiger partial charge in [0, 0.05) is 5.39 Å². The molecule has 21 heavy (non-hydrogen) atoms. The summed E-state index contributed by atoms with van der Waals surface area (Å²) >= 11 is 0. The van der Waals surface area contributed by atoms with E-state index in [4.69, 9.17) is 5.73 Å². The number of aromatic nitrogens is 1. The van der Waals surface area contributed by atoms with Crippen LogP contribution in [0.1, 0.15) is 10.4 Å². The summed E-state index contributed by atoms with van der Waals surface area (Å²) in [5, 5.41) is 14.4. The lowest BCUT2D eigenvalue weighted by Gasteiger charge is -2.09. The smallest absolute Gasteiger partial charge is 0.259 e. The Labute approximate surface area is 121 Å². The first kappa shape index (κ1) is 12.9. The second kappa shape index (κ2) is 5.13. The lowest BCUT2D eigenvalue weighted by molar-refractivity contribution is 0.102. The fraction of sp³-hybridized carbons (Fsp3) is 0. The van der Waals surface area contributed by atoms with Gasteiger partial charge in [-0.3, -0.25) is 4.79 Å². The number of carbonyl (C=O) groups is 1. The van der Waals surface area contributed by atoms with Gasteiger partial charge in [0.2, 0.25) is 0 Å². The third kappa shape index (κ3) is 2.49. The van der Waals surface area contributed by atoms with Crippen LogP contribution in [0.2, 0.25) is 0 Å². The van der Waals surface area contributed by atoms with Crippen molar-refractivity contribution in [3.05, 3.63) is 60.3 Å². The van der Waals surface area contributed by atoms with E-state index < -0.39 is 5.91 Å². The fourth-order valence-electron chi connectivity index (χ4n) is 2.12. The molecule has 0 aliphatic rings. The van der Waals surface area contributed by atoms with E-state index in [0.29, 0.717) is 16.9 Å². The maximum absolute atomic E-state index is 12.2. The van der Waals surface area contributed by atoms with Crippen molar-refractivity contribution < 1.29 is 9.90 Å². The molecular formula is C16H13N3O2. The van der Waals surface area contributed by atoms with Gasteiger partial charge in [-0.05, 0) is 23.6 Å². The summed E-state index contributed by atoms with van der Waals surface area (Å²) in [4.78, 5) is 16.1. The molecule has 104 valence electrons. The average molecular weight is 279 g/mol. The van der Waals surface area contributed by atoms with Gasteiger partial charge < -0.3 is 16.2 Å². The first-order valence-electron chi connectivity index (χ1n) is 6.39. The van der Waals surface area contributed by atoms with E-state index in [2.05, 4.69) is 10.3 Å². The molecular weight excluding hydrogens is 266 g/mol. The number of carbonyl (C=O) groups excluding carboxylic acids is 1. The molecule has 2 aromatic carbocycles. The van der Waals surface area contributed by atoms with Crippen LogP contribution < -0.4 is 11.1 Å². The highest BCUT2D eigenvalue weighted by Gasteiger charge is 2.13. The van der Waals surface area contributed by atoms with Gasteiger partial charge in [-0.1, -0.05) is 30.3 Å². The van der Waals surface area contributed by atoms with Crippen molar-refractivity contribution in [3.8, 4) is 5.75 Å². The molecule has 1 amide bonds. The van der Waals surface area contributed by atoms with Crippen molar-refractivity contribution in [2.45, 2.75) is 0 Å². The molecule has 1 aromatic heterocycles. The van der Waals surface area contributed by atoms with Crippen LogP contribution in [0.5, 0.6) is 5.75 Å². The van der Waals surface area contributed by atoms with Crippen LogP contribution >= 0.6 is 0 Å². The number of amides is 1. The zero-order valence-corrected chi connectivity index (χ0v) is 11.1. The number of hydrogen-bond acceptors (Lipinski definition) is 4. The van der Waals surface area contributed by atoms with Gasteiger partial charge in [0.05, 0.1) is 17.4 Å². The van der Waals surface area contributed by atoms with E-state index in [1.807, 2.05) is 18.2 Å². The first-order chi connectivity index (χ1) is 10.1. The van der Waals surface area contributed by atoms with Crippen molar-refractivity contribution in [1.29, 1.82) is 0 Å². The Balaban J connectivity index is 1.94. The molecule has 0 aliphatic carbocycles. The van der Waals surface area contributed by atoms with Gasteiger partial charge in [-0.2, -0.15) is 0 Å². The number of benzene rings is 2. The summed E-state index contributed by atoms with van der Waals surface area (Å²) < 4.78 is 0. The molecule has 0 saturated heterocycles. The highest BCUT2D eigenvalue weighted by atomic mass is 16.3. The van der Waals surface area contributed by atoms with Gasteiger partial charge in [0.15, 0.2) is 0 Å². The van der Waals surface area contributed by atoms with Crippen molar-refractivity contribution in [1.82, 2.24) is 4.98 Å². The third-order valence-corrected chi connectivity index (χ3v) is 3.19. The minimum absolute atomic E-state index is 0.0333. The maximum Gasteiger partial charge on any atom is 0.259 e. The van der Waals surface area contributed by atoms with E-state index in [9.17, 15) is 9.90 Å². The van der Waals surface area contributed by atoms with Gasteiger partial charge in [-0.15, -0.1) is 0 Å². The van der Waals surface area contributed by atoms with Crippen LogP contribution in [-0.4, -0.2) is 16.0 Å². The number of phenols is 1. The minimum atomic E-state index is -0.398. The lowest BCUT2D eigenvalue weighted by atomic mass is 10.0. The number of fused-ring (bicyclic) bond motifs is 1. The van der Waals surface area contributed by atoms with Crippen molar-refractivity contribution in [3.63, 3.8) is 0 Å². The molecule has 5 heteroatoms. The zero-order chi connectivity index (χ0) is 14.8. The fourth-order valence-corrected chi connectivity index (χ4v) is 2.12. The number of phenolic OH excluding ortho intramolecular Hbond substituents is 1. The number of hydrogen-bond donors (Lipinski definition) is 3. The van der Waals surface area contributed by atoms with Crippen LogP contribution in [-0.2, 0) is 0 Å². The first-order valence-corrected chi connectivity index (χ1v) is 6.39. The van der Waals surface area contributed by atoms with E-state index in [1.54, 1.807) is 30.3 Å². The zero-order valence-electron chi connectivity index (χ0n) is 11.1. The quantitative estimate of drug-likeness (QED) is 0.673. The number of nitrogens with two attached hydrogens (primary N) is 1. The number of anilines is 2. The highest BCUT2D eigenvalue weighted by Crippen LogP contribution is 2.29. The number of aromatic hydroxyl groups is 1. The molecule has 3 aromatic rings. The number of nitrogens with one attached hydrogen (secondary N) is 1. The Morgan fingerprint density at radius 3 is 2.67 bits per heavy atom. The monoisotopic (exact) mass is 279 g/mol. The van der Waals surface area contributed by atoms with Crippen molar-refractivity contribution in [2.24, 2.45) is 0 Å². The van der Waals surface area contributed by atoms with Gasteiger partial charge in [0.25, 0.3) is 5.91 Å². The molecule has 4 N–H and O–H groups in total. The van der Waals surface area contributed by atoms with Gasteiger partial charge in [-0.25, -0.2) is 4.98 Å². The molecule has 5 nitrogen and oxygen atoms in total. The predicted molar refractivity (Wildman–Crippen MR) is 82.2 cm³/mol. The summed E-state index contributed by atoms with van der Waals surface area (Å²) in [6, 6.07) is 14.0. The largest absolute Gasteiger partial charge is 0.506 e. The Morgan fingerprint density at radius 1 is 1.10 bits per heavy atom. The molecule has 0 saturated carbocycles. The Hall–Kier alpha value is -3.08. The van der Waals surface area contributed by atoms with Crippen molar-refractivity contribution >= 4 is 28.2 Å². The lowest BCUT2D eigenvalue weighted by Crippen LogP contribution is -2.12. The van der Waals surface area contributed by atoms with Crippen LogP contribution in [0, 0.1) is 0 Å². The van der Waals surface area contributed by atoms with Crippen LogP contribution in [0.15, 0.2) is 54.7 Å². The normalized spacial score (nSPS) is 10.5. The van der Waals surface area contributed by atoms with Gasteiger partial charge in [0.1, 0.15) is 11.6 Å². The van der Waals surface area contributed by atoms with Crippen LogP contribution in [0.3, 0.4) is 0 Å². The maximum atomic E-state index is 12.2. The number of rotatable bonds is 2. The molecule has 1 heterocycles. The molecule has 0 radical (unpaired) electrons. The summed E-state index contributed by atoms with van der Waals surface area (Å²) in [5.41, 5.74) is 6.22. The van der Waals surface area contributed by atoms with E-state index in [1.165, 1.54) is 6.20 Å². The summed E-state index contributed by atoms with van der Waals surface area (Å²) in [6.45, 7) is 0. The molecule has 0 fully saturated rings. The summed E-state index contributed by atoms with van der Waals surface area (Å²) in [6.07, 6.45) is 1.46. The second-order valence-corrected chi connectivity index (χ2v) is 4.61. The third-order valence-electron chi connectivity index (χ3n) is 3.19. The molecule has 3 rings (SSSR count). The Morgan fingerprint density at radius 2 is 1.90 bits per heavy atom. The Bertz CT molecular complexity index is 813. The van der Waals surface area contributed by atoms with Crippen molar-refractivity contribution in [2.75, 3.05) is 11.1 Å². The minimum Gasteiger partial charge on any atom is -0.506 e. The topological polar surface area (TPSA) is 88.2 Å². The van der Waals surface area contributed by atoms with E-state index in [-0.39, 0.29) is 11.3 Å². The highest BCUT2D eigenvalue weighted by molar-refractivity contribution is 6.09. The molecule has 0 unspecified atom stereocenters.